The lowest BCUT2D eigenvalue weighted by Gasteiger charge is -2.21. The maximum atomic E-state index is 12.1. The topological polar surface area (TPSA) is 73.8 Å². The minimum absolute atomic E-state index is 0.272. The van der Waals surface area contributed by atoms with Crippen LogP contribution in [0.4, 0.5) is 0 Å². The Morgan fingerprint density at radius 1 is 1.46 bits per heavy atom. The van der Waals surface area contributed by atoms with Gasteiger partial charge in [-0.15, -0.1) is 17.9 Å². The highest BCUT2D eigenvalue weighted by Crippen LogP contribution is 2.19. The van der Waals surface area contributed by atoms with Crippen LogP contribution >= 0.6 is 11.3 Å². The molecule has 1 heterocycles. The van der Waals surface area contributed by atoms with Crippen LogP contribution in [-0.2, 0) is 10.0 Å². The van der Waals surface area contributed by atoms with E-state index in [0.29, 0.717) is 10.8 Å². The third kappa shape index (κ3) is 7.02. The monoisotopic (exact) mass is 372 g/mol. The minimum atomic E-state index is -3.43. The molecule has 0 saturated carbocycles. The summed E-state index contributed by atoms with van der Waals surface area (Å²) in [5.74, 6) is 0.785. The van der Waals surface area contributed by atoms with Crippen molar-refractivity contribution < 1.29 is 8.42 Å². The average Bonchev–Trinajstić information content (AvgIpc) is 2.98. The zero-order chi connectivity index (χ0) is 18.0. The van der Waals surface area contributed by atoms with Crippen molar-refractivity contribution in [2.45, 2.75) is 30.9 Å². The highest BCUT2D eigenvalue weighted by molar-refractivity contribution is 7.91. The number of nitrogens with zero attached hydrogens (tertiary/aromatic N) is 2. The Morgan fingerprint density at radius 3 is 2.79 bits per heavy atom. The molecule has 0 fully saturated rings. The van der Waals surface area contributed by atoms with E-state index in [9.17, 15) is 8.42 Å². The molecule has 0 aliphatic carbocycles. The van der Waals surface area contributed by atoms with Crippen LogP contribution in [0.2, 0.25) is 0 Å². The Kier molecular flexibility index (Phi) is 9.02. The van der Waals surface area contributed by atoms with E-state index < -0.39 is 10.0 Å². The summed E-state index contributed by atoms with van der Waals surface area (Å²) in [6.45, 7) is 9.92. The molecule has 0 aliphatic rings. The van der Waals surface area contributed by atoms with Gasteiger partial charge in [0.25, 0.3) is 0 Å². The van der Waals surface area contributed by atoms with E-state index in [2.05, 4.69) is 21.6 Å². The molecule has 2 N–H and O–H groups in total. The molecule has 0 aromatic carbocycles. The van der Waals surface area contributed by atoms with Gasteiger partial charge in [-0.3, -0.25) is 4.99 Å². The minimum Gasteiger partial charge on any atom is -0.357 e. The lowest BCUT2D eigenvalue weighted by Crippen LogP contribution is -2.40. The van der Waals surface area contributed by atoms with Crippen LogP contribution in [0.1, 0.15) is 24.6 Å². The quantitative estimate of drug-likeness (QED) is 0.286. The molecular formula is C16H28N4O2S2. The van der Waals surface area contributed by atoms with E-state index in [1.807, 2.05) is 31.9 Å². The molecule has 0 amide bonds. The van der Waals surface area contributed by atoms with Crippen molar-refractivity contribution in [1.29, 1.82) is 0 Å². The first-order valence-electron chi connectivity index (χ1n) is 8.07. The highest BCUT2D eigenvalue weighted by atomic mass is 32.2. The van der Waals surface area contributed by atoms with Crippen LogP contribution in [0, 0.1) is 6.92 Å². The standard InChI is InChI=1S/C16H28N4O2S2/c1-5-7-8-13-20(4)16(17-6-2)18-11-12-19-24(21,22)15-10-9-14(3)23-15/h5,9-10,19H,1,6-8,11-13H2,2-4H3,(H,17,18). The number of sulfonamides is 1. The third-order valence-corrected chi connectivity index (χ3v) is 6.20. The number of rotatable bonds is 10. The van der Waals surface area contributed by atoms with Gasteiger partial charge in [-0.1, -0.05) is 6.08 Å². The second-order valence-corrected chi connectivity index (χ2v) is 8.63. The SMILES string of the molecule is C=CCCCN(C)C(=NCCNS(=O)(=O)c1ccc(C)s1)NCC. The van der Waals surface area contributed by atoms with Crippen molar-refractivity contribution in [1.82, 2.24) is 14.9 Å². The maximum Gasteiger partial charge on any atom is 0.250 e. The predicted octanol–water partition coefficient (Wildman–Crippen LogP) is 2.20. The molecule has 0 radical (unpaired) electrons. The van der Waals surface area contributed by atoms with Crippen molar-refractivity contribution in [3.8, 4) is 0 Å². The highest BCUT2D eigenvalue weighted by Gasteiger charge is 2.15. The van der Waals surface area contributed by atoms with Gasteiger partial charge in [-0.05, 0) is 38.8 Å². The zero-order valence-corrected chi connectivity index (χ0v) is 16.3. The summed E-state index contributed by atoms with van der Waals surface area (Å²) < 4.78 is 27.2. The molecule has 136 valence electrons. The van der Waals surface area contributed by atoms with Crippen LogP contribution in [0.3, 0.4) is 0 Å². The molecule has 24 heavy (non-hydrogen) atoms. The lowest BCUT2D eigenvalue weighted by molar-refractivity contribution is 0.470. The fourth-order valence-electron chi connectivity index (χ4n) is 2.02. The molecule has 0 aliphatic heterocycles. The number of aliphatic imine (C=N–C) groups is 1. The van der Waals surface area contributed by atoms with Gasteiger partial charge in [-0.25, -0.2) is 13.1 Å². The summed E-state index contributed by atoms with van der Waals surface area (Å²) in [5, 5.41) is 3.22. The van der Waals surface area contributed by atoms with Crippen molar-refractivity contribution in [3.63, 3.8) is 0 Å². The normalized spacial score (nSPS) is 12.2. The summed E-state index contributed by atoms with van der Waals surface area (Å²) in [4.78, 5) is 7.50. The Bertz CT molecular complexity index is 638. The van der Waals surface area contributed by atoms with Gasteiger partial charge in [-0.2, -0.15) is 0 Å². The van der Waals surface area contributed by atoms with Gasteiger partial charge in [0.15, 0.2) is 5.96 Å². The molecule has 0 bridgehead atoms. The van der Waals surface area contributed by atoms with E-state index in [1.165, 1.54) is 11.3 Å². The number of unbranched alkanes of at least 4 members (excludes halogenated alkanes) is 1. The molecule has 0 spiro atoms. The summed E-state index contributed by atoms with van der Waals surface area (Å²) in [6.07, 6.45) is 3.87. The van der Waals surface area contributed by atoms with E-state index >= 15 is 0 Å². The molecule has 8 heteroatoms. The lowest BCUT2D eigenvalue weighted by atomic mass is 10.3. The van der Waals surface area contributed by atoms with E-state index in [-0.39, 0.29) is 6.54 Å². The van der Waals surface area contributed by atoms with Crippen LogP contribution < -0.4 is 10.0 Å². The third-order valence-electron chi connectivity index (χ3n) is 3.24. The molecule has 6 nitrogen and oxygen atoms in total. The Hall–Kier alpha value is -1.38. The van der Waals surface area contributed by atoms with Crippen LogP contribution in [0.25, 0.3) is 0 Å². The summed E-state index contributed by atoms with van der Waals surface area (Å²) in [7, 11) is -1.46. The van der Waals surface area contributed by atoms with Crippen LogP contribution in [0.5, 0.6) is 0 Å². The van der Waals surface area contributed by atoms with Crippen molar-refractivity contribution in [2.24, 2.45) is 4.99 Å². The first-order chi connectivity index (χ1) is 11.4. The maximum absolute atomic E-state index is 12.1. The molecule has 1 aromatic rings. The second kappa shape index (κ2) is 10.5. The smallest absolute Gasteiger partial charge is 0.250 e. The van der Waals surface area contributed by atoms with E-state index in [0.717, 1.165) is 36.8 Å². The fourth-order valence-corrected chi connectivity index (χ4v) is 4.37. The van der Waals surface area contributed by atoms with Crippen LogP contribution in [-0.4, -0.2) is 52.5 Å². The molecule has 1 rings (SSSR count). The summed E-state index contributed by atoms with van der Waals surface area (Å²) in [6, 6.07) is 3.43. The number of thiophene rings is 1. The van der Waals surface area contributed by atoms with Crippen molar-refractivity contribution in [2.75, 3.05) is 33.2 Å². The Morgan fingerprint density at radius 2 is 2.21 bits per heavy atom. The van der Waals surface area contributed by atoms with Gasteiger partial charge in [0.1, 0.15) is 4.21 Å². The number of allylic oxidation sites excluding steroid dienone is 1. The van der Waals surface area contributed by atoms with Crippen molar-refractivity contribution >= 4 is 27.3 Å². The number of nitrogens with one attached hydrogen (secondary N) is 2. The molecule has 1 aromatic heterocycles. The molecule has 0 saturated heterocycles. The first-order valence-corrected chi connectivity index (χ1v) is 10.4. The van der Waals surface area contributed by atoms with E-state index in [1.54, 1.807) is 12.1 Å². The number of guanidine groups is 1. The van der Waals surface area contributed by atoms with Crippen LogP contribution in [0.15, 0.2) is 34.0 Å². The van der Waals surface area contributed by atoms with Gasteiger partial charge in [0.05, 0.1) is 6.54 Å². The Balaban J connectivity index is 2.53. The number of hydrogen-bond acceptors (Lipinski definition) is 4. The predicted molar refractivity (Wildman–Crippen MR) is 102 cm³/mol. The first kappa shape index (κ1) is 20.7. The van der Waals surface area contributed by atoms with E-state index in [4.69, 9.17) is 0 Å². The summed E-state index contributed by atoms with van der Waals surface area (Å²) >= 11 is 1.27. The number of aryl methyl sites for hydroxylation is 1. The zero-order valence-electron chi connectivity index (χ0n) is 14.7. The average molecular weight is 373 g/mol. The molecule has 0 atom stereocenters. The van der Waals surface area contributed by atoms with Gasteiger partial charge < -0.3 is 10.2 Å². The molecule has 0 unspecified atom stereocenters. The summed E-state index contributed by atoms with van der Waals surface area (Å²) in [5.41, 5.74) is 0. The van der Waals surface area contributed by atoms with Crippen molar-refractivity contribution in [3.05, 3.63) is 29.7 Å². The fraction of sp³-hybridized carbons (Fsp3) is 0.562. The molecular weight excluding hydrogens is 344 g/mol. The Labute approximate surface area is 149 Å². The van der Waals surface area contributed by atoms with Gasteiger partial charge in [0, 0.05) is 31.6 Å². The second-order valence-electron chi connectivity index (χ2n) is 5.35. The number of hydrogen-bond donors (Lipinski definition) is 2. The van der Waals surface area contributed by atoms with Gasteiger partial charge in [0.2, 0.25) is 10.0 Å². The van der Waals surface area contributed by atoms with Gasteiger partial charge >= 0.3 is 0 Å². The largest absolute Gasteiger partial charge is 0.357 e.